The van der Waals surface area contributed by atoms with E-state index in [0.717, 1.165) is 89.2 Å². The lowest BCUT2D eigenvalue weighted by atomic mass is 9.63. The predicted octanol–water partition coefficient (Wildman–Crippen LogP) is 10.5. The van der Waals surface area contributed by atoms with E-state index in [4.69, 9.17) is 17.0 Å². The number of ether oxygens (including phenoxy) is 1. The molecule has 4 heteroatoms. The molecule has 0 aromatic heterocycles. The van der Waals surface area contributed by atoms with Crippen LogP contribution in [-0.2, 0) is 0 Å². The number of hydrogen-bond donors (Lipinski definition) is 0. The van der Waals surface area contributed by atoms with Crippen molar-refractivity contribution in [2.24, 2.45) is 11.3 Å². The molecule has 1 heterocycles. The number of benzene rings is 1. The average molecular weight is 617 g/mol. The number of nitrogens with zero attached hydrogens (tertiary/aromatic N) is 2. The van der Waals surface area contributed by atoms with Crippen molar-refractivity contribution in [2.75, 3.05) is 32.7 Å². The minimum atomic E-state index is 0.0314. The zero-order valence-electron chi connectivity index (χ0n) is 29.2. The molecule has 0 radical (unpaired) electrons. The van der Waals surface area contributed by atoms with Gasteiger partial charge in [0.25, 0.3) is 0 Å². The summed E-state index contributed by atoms with van der Waals surface area (Å²) in [5, 5.41) is 0. The normalized spacial score (nSPS) is 23.1. The number of fused-ring (bicyclic) bond motifs is 2. The van der Waals surface area contributed by atoms with Crippen LogP contribution in [0.1, 0.15) is 124 Å². The summed E-state index contributed by atoms with van der Waals surface area (Å²) >= 11 is 5.91. The molecule has 3 unspecified atom stereocenters. The lowest BCUT2D eigenvalue weighted by Gasteiger charge is -2.43. The highest BCUT2D eigenvalue weighted by Gasteiger charge is 2.41. The van der Waals surface area contributed by atoms with Crippen LogP contribution in [0.15, 0.2) is 59.4 Å². The fraction of sp³-hybridized carbons (Fsp3) is 0.625. The highest BCUT2D eigenvalue weighted by Crippen LogP contribution is 2.55. The van der Waals surface area contributed by atoms with Gasteiger partial charge in [0.05, 0.1) is 6.04 Å². The largest absolute Gasteiger partial charge is 0.456 e. The summed E-state index contributed by atoms with van der Waals surface area (Å²) in [6, 6.07) is 7.39. The van der Waals surface area contributed by atoms with Crippen LogP contribution < -0.4 is 4.74 Å². The van der Waals surface area contributed by atoms with Gasteiger partial charge in [-0.15, -0.1) is 0 Å². The standard InChI is InChI=1S/C40H60N2OS/c1-9-31(10-2)32-18-21-35-37(25-32)43-38-26-33(42(13-5)14-6)19-22-36(38)39(35)40(8)27-29(7)24-30(28-40)17-20-34(44)16-15-23-41(11-3)12-4/h18-19,21-22,24-26,30-31,33H,9-17,20,23,27-28H2,1-8H3. The van der Waals surface area contributed by atoms with Crippen LogP contribution in [0.25, 0.3) is 5.57 Å². The molecule has 0 bridgehead atoms. The molecule has 3 nitrogen and oxygen atoms in total. The van der Waals surface area contributed by atoms with Gasteiger partial charge in [0, 0.05) is 11.1 Å². The highest BCUT2D eigenvalue weighted by atomic mass is 32.1. The average Bonchev–Trinajstić information content (AvgIpc) is 3.01. The molecule has 3 atom stereocenters. The number of likely N-dealkylation sites (N-methyl/N-ethyl adjacent to an activating group) is 1. The van der Waals surface area contributed by atoms with Crippen molar-refractivity contribution >= 4 is 22.7 Å². The zero-order chi connectivity index (χ0) is 31.9. The first-order valence-corrected chi connectivity index (χ1v) is 18.2. The summed E-state index contributed by atoms with van der Waals surface area (Å²) in [7, 11) is 0. The van der Waals surface area contributed by atoms with Crippen LogP contribution in [0.3, 0.4) is 0 Å². The van der Waals surface area contributed by atoms with Gasteiger partial charge in [0.2, 0.25) is 0 Å². The molecule has 2 aliphatic carbocycles. The fourth-order valence-electron chi connectivity index (χ4n) is 8.18. The van der Waals surface area contributed by atoms with Gasteiger partial charge in [-0.05, 0) is 136 Å². The van der Waals surface area contributed by atoms with Gasteiger partial charge < -0.3 is 9.64 Å². The van der Waals surface area contributed by atoms with E-state index in [1.165, 1.54) is 39.1 Å². The Bertz CT molecular complexity index is 1260. The van der Waals surface area contributed by atoms with Crippen molar-refractivity contribution in [2.45, 2.75) is 119 Å². The Labute approximate surface area is 275 Å². The fourth-order valence-corrected chi connectivity index (χ4v) is 8.44. The summed E-state index contributed by atoms with van der Waals surface area (Å²) in [4.78, 5) is 6.25. The summed E-state index contributed by atoms with van der Waals surface area (Å²) < 4.78 is 6.84. The highest BCUT2D eigenvalue weighted by molar-refractivity contribution is 7.80. The summed E-state index contributed by atoms with van der Waals surface area (Å²) in [5.41, 5.74) is 7.01. The van der Waals surface area contributed by atoms with Gasteiger partial charge in [-0.1, -0.05) is 96.6 Å². The molecule has 242 valence electrons. The molecule has 0 spiro atoms. The minimum Gasteiger partial charge on any atom is -0.456 e. The molecule has 0 N–H and O–H groups in total. The van der Waals surface area contributed by atoms with E-state index in [1.807, 2.05) is 0 Å². The van der Waals surface area contributed by atoms with Crippen molar-refractivity contribution in [3.05, 3.63) is 70.5 Å². The van der Waals surface area contributed by atoms with Crippen LogP contribution >= 0.6 is 12.2 Å². The van der Waals surface area contributed by atoms with Crippen LogP contribution in [0.5, 0.6) is 5.75 Å². The molecule has 1 aliphatic heterocycles. The molecular weight excluding hydrogens is 557 g/mol. The molecule has 44 heavy (non-hydrogen) atoms. The lowest BCUT2D eigenvalue weighted by Crippen LogP contribution is -2.35. The molecular formula is C40H60N2OS. The van der Waals surface area contributed by atoms with Gasteiger partial charge in [-0.25, -0.2) is 0 Å². The Morgan fingerprint density at radius 1 is 1.00 bits per heavy atom. The van der Waals surface area contributed by atoms with Crippen LogP contribution in [0.4, 0.5) is 0 Å². The summed E-state index contributed by atoms with van der Waals surface area (Å²) in [6.07, 6.45) is 18.7. The third-order valence-electron chi connectivity index (χ3n) is 10.6. The number of thiocarbonyl (C=S) groups is 1. The van der Waals surface area contributed by atoms with E-state index in [0.29, 0.717) is 11.8 Å². The molecule has 0 saturated heterocycles. The predicted molar refractivity (Wildman–Crippen MR) is 195 cm³/mol. The third-order valence-corrected chi connectivity index (χ3v) is 11.0. The minimum absolute atomic E-state index is 0.0314. The maximum atomic E-state index is 6.84. The van der Waals surface area contributed by atoms with Gasteiger partial charge in [-0.2, -0.15) is 0 Å². The van der Waals surface area contributed by atoms with Crippen LogP contribution in [0, 0.1) is 11.3 Å². The Kier molecular flexibility index (Phi) is 12.7. The van der Waals surface area contributed by atoms with Crippen LogP contribution in [-0.4, -0.2) is 53.4 Å². The lowest BCUT2D eigenvalue weighted by molar-refractivity contribution is 0.279. The van der Waals surface area contributed by atoms with Gasteiger partial charge in [0.1, 0.15) is 11.5 Å². The van der Waals surface area contributed by atoms with E-state index in [2.05, 4.69) is 108 Å². The Morgan fingerprint density at radius 3 is 2.39 bits per heavy atom. The van der Waals surface area contributed by atoms with Gasteiger partial charge in [-0.3, -0.25) is 4.90 Å². The van der Waals surface area contributed by atoms with Crippen molar-refractivity contribution < 1.29 is 4.74 Å². The molecule has 3 aliphatic rings. The first kappa shape index (κ1) is 34.9. The third kappa shape index (κ3) is 8.03. The number of allylic oxidation sites excluding steroid dienone is 4. The van der Waals surface area contributed by atoms with E-state index in [1.54, 1.807) is 0 Å². The van der Waals surface area contributed by atoms with Crippen molar-refractivity contribution in [3.63, 3.8) is 0 Å². The summed E-state index contributed by atoms with van der Waals surface area (Å²) in [5.74, 6) is 3.21. The molecule has 1 aromatic carbocycles. The Balaban J connectivity index is 1.63. The molecule has 0 amide bonds. The monoisotopic (exact) mass is 616 g/mol. The van der Waals surface area contributed by atoms with E-state index < -0.39 is 0 Å². The van der Waals surface area contributed by atoms with Crippen molar-refractivity contribution in [3.8, 4) is 5.75 Å². The number of hydrogen-bond acceptors (Lipinski definition) is 4. The quantitative estimate of drug-likeness (QED) is 0.136. The second kappa shape index (κ2) is 16.0. The van der Waals surface area contributed by atoms with Crippen LogP contribution in [0.2, 0.25) is 0 Å². The second-order valence-electron chi connectivity index (χ2n) is 13.7. The molecule has 4 rings (SSSR count). The molecule has 1 aromatic rings. The van der Waals surface area contributed by atoms with E-state index in [-0.39, 0.29) is 11.5 Å². The smallest absolute Gasteiger partial charge is 0.135 e. The second-order valence-corrected chi connectivity index (χ2v) is 14.3. The summed E-state index contributed by atoms with van der Waals surface area (Å²) in [6.45, 7) is 23.9. The topological polar surface area (TPSA) is 15.7 Å². The first-order valence-electron chi connectivity index (χ1n) is 17.8. The zero-order valence-corrected chi connectivity index (χ0v) is 30.0. The first-order chi connectivity index (χ1) is 21.2. The Hall–Kier alpha value is -2.01. The van der Waals surface area contributed by atoms with E-state index >= 15 is 0 Å². The molecule has 0 fully saturated rings. The molecule has 0 saturated carbocycles. The van der Waals surface area contributed by atoms with Gasteiger partial charge in [0.15, 0.2) is 0 Å². The van der Waals surface area contributed by atoms with Crippen molar-refractivity contribution in [1.82, 2.24) is 9.80 Å². The van der Waals surface area contributed by atoms with Gasteiger partial charge >= 0.3 is 0 Å². The maximum Gasteiger partial charge on any atom is 0.135 e. The maximum absolute atomic E-state index is 6.84. The van der Waals surface area contributed by atoms with Crippen molar-refractivity contribution in [1.29, 1.82) is 0 Å². The number of rotatable bonds is 16. The Morgan fingerprint density at radius 2 is 1.73 bits per heavy atom. The SMILES string of the molecule is CCC(CC)c1ccc2c(c1)OC1=CC(N(CC)CC)C=CC1=C2C1(C)CC(C)=CC(CCC(=S)CCCN(CC)CC)C1. The van der Waals surface area contributed by atoms with E-state index in [9.17, 15) is 0 Å².